The summed E-state index contributed by atoms with van der Waals surface area (Å²) in [5, 5.41) is 0.486. The Morgan fingerprint density at radius 1 is 1.44 bits per heavy atom. The topological polar surface area (TPSA) is 74.1 Å². The molecule has 0 saturated heterocycles. The van der Waals surface area contributed by atoms with Gasteiger partial charge in [-0.1, -0.05) is 11.6 Å². The third-order valence-corrected chi connectivity index (χ3v) is 3.96. The molecular weight excluding hydrogens is 268 g/mol. The quantitative estimate of drug-likeness (QED) is 0.593. The smallest absolute Gasteiger partial charge is 0.290 e. The van der Waals surface area contributed by atoms with Crippen LogP contribution in [0.2, 0.25) is 5.02 Å². The van der Waals surface area contributed by atoms with Crippen LogP contribution in [0.15, 0.2) is 29.2 Å². The number of nitrogens with two attached hydrogens (primary N) is 1. The van der Waals surface area contributed by atoms with Crippen LogP contribution >= 0.6 is 23.4 Å². The molecule has 0 unspecified atom stereocenters. The molecule has 0 fully saturated rings. The van der Waals surface area contributed by atoms with Gasteiger partial charge >= 0.3 is 10.0 Å². The van der Waals surface area contributed by atoms with E-state index >= 15 is 0 Å². The van der Waals surface area contributed by atoms with E-state index in [0.717, 1.165) is 0 Å². The SMILES string of the molecule is CSCC(N)=[NH+]S(=O)(=O)c1ccc(Cl)cc1. The number of rotatable bonds is 4. The van der Waals surface area contributed by atoms with Crippen molar-refractivity contribution in [3.63, 3.8) is 0 Å². The second-order valence-corrected chi connectivity index (χ2v) is 6.00. The van der Waals surface area contributed by atoms with Gasteiger partial charge in [-0.2, -0.15) is 24.6 Å². The van der Waals surface area contributed by atoms with Gasteiger partial charge in [0, 0.05) is 5.02 Å². The van der Waals surface area contributed by atoms with Crippen molar-refractivity contribution in [2.45, 2.75) is 4.90 Å². The first-order chi connectivity index (χ1) is 7.45. The van der Waals surface area contributed by atoms with Crippen LogP contribution in [-0.2, 0) is 10.0 Å². The van der Waals surface area contributed by atoms with Crippen molar-refractivity contribution in [1.82, 2.24) is 0 Å². The highest BCUT2D eigenvalue weighted by atomic mass is 35.5. The number of benzene rings is 1. The molecule has 88 valence electrons. The summed E-state index contributed by atoms with van der Waals surface area (Å²) < 4.78 is 25.8. The minimum absolute atomic E-state index is 0.140. The third kappa shape index (κ3) is 3.70. The van der Waals surface area contributed by atoms with Crippen molar-refractivity contribution >= 4 is 39.2 Å². The summed E-state index contributed by atoms with van der Waals surface area (Å²) in [6.07, 6.45) is 1.84. The van der Waals surface area contributed by atoms with Crippen molar-refractivity contribution in [2.75, 3.05) is 12.0 Å². The third-order valence-electron chi connectivity index (χ3n) is 1.69. The van der Waals surface area contributed by atoms with Crippen LogP contribution in [0.25, 0.3) is 0 Å². The molecule has 0 aliphatic rings. The lowest BCUT2D eigenvalue weighted by molar-refractivity contribution is -0.269. The molecule has 1 rings (SSSR count). The Hall–Kier alpha value is -0.720. The molecule has 16 heavy (non-hydrogen) atoms. The zero-order valence-corrected chi connectivity index (χ0v) is 11.0. The lowest BCUT2D eigenvalue weighted by Crippen LogP contribution is -2.79. The molecule has 0 radical (unpaired) electrons. The van der Waals surface area contributed by atoms with Gasteiger partial charge in [0.2, 0.25) is 0 Å². The standard InChI is InChI=1S/C9H11ClN2O2S2/c1-15-6-9(11)12-16(13,14)8-4-2-7(10)3-5-8/h2-5H,6H2,1H3,(H2,11,12)/p+1. The molecule has 0 bridgehead atoms. The van der Waals surface area contributed by atoms with E-state index in [4.69, 9.17) is 17.3 Å². The molecule has 0 amide bonds. The van der Waals surface area contributed by atoms with E-state index in [9.17, 15) is 8.42 Å². The molecule has 0 aromatic heterocycles. The largest absolute Gasteiger partial charge is 0.328 e. The molecule has 7 heteroatoms. The summed E-state index contributed by atoms with van der Waals surface area (Å²) in [6, 6.07) is 5.88. The predicted molar refractivity (Wildman–Crippen MR) is 67.2 cm³/mol. The first-order valence-electron chi connectivity index (χ1n) is 4.34. The van der Waals surface area contributed by atoms with Crippen molar-refractivity contribution < 1.29 is 12.8 Å². The van der Waals surface area contributed by atoms with E-state index in [1.807, 2.05) is 6.26 Å². The fraction of sp³-hybridized carbons (Fsp3) is 0.222. The lowest BCUT2D eigenvalue weighted by atomic mass is 10.4. The number of nitrogens with one attached hydrogen (secondary N) is 1. The summed E-state index contributed by atoms with van der Waals surface area (Å²) in [4.78, 5) is 0.140. The van der Waals surface area contributed by atoms with Gasteiger partial charge in [0.25, 0.3) is 5.84 Å². The number of sulfonamides is 1. The van der Waals surface area contributed by atoms with Crippen LogP contribution in [0, 0.1) is 0 Å². The van der Waals surface area contributed by atoms with Crippen LogP contribution in [0.4, 0.5) is 0 Å². The number of thioether (sulfide) groups is 1. The molecule has 0 saturated carbocycles. The van der Waals surface area contributed by atoms with Crippen molar-refractivity contribution in [2.24, 2.45) is 5.73 Å². The maximum Gasteiger partial charge on any atom is 0.328 e. The Labute approximate surface area is 104 Å². The highest BCUT2D eigenvalue weighted by molar-refractivity contribution is 7.99. The fourth-order valence-electron chi connectivity index (χ4n) is 1.03. The summed E-state index contributed by atoms with van der Waals surface area (Å²) >= 11 is 7.11. The first-order valence-corrected chi connectivity index (χ1v) is 7.60. The highest BCUT2D eigenvalue weighted by Gasteiger charge is 2.15. The minimum atomic E-state index is -3.58. The molecule has 0 spiro atoms. The van der Waals surface area contributed by atoms with Gasteiger partial charge in [-0.05, 0) is 30.5 Å². The van der Waals surface area contributed by atoms with Crippen molar-refractivity contribution in [1.29, 1.82) is 0 Å². The van der Waals surface area contributed by atoms with Gasteiger partial charge in [-0.15, -0.1) is 0 Å². The average molecular weight is 280 g/mol. The van der Waals surface area contributed by atoms with Gasteiger partial charge in [-0.3, -0.25) is 5.73 Å². The maximum absolute atomic E-state index is 11.8. The Balaban J connectivity index is 3.03. The number of hydrogen-bond donors (Lipinski definition) is 2. The normalized spacial score (nSPS) is 12.8. The number of hydrogen-bond acceptors (Lipinski definition) is 3. The van der Waals surface area contributed by atoms with Crippen LogP contribution in [0.5, 0.6) is 0 Å². The number of halogens is 1. The van der Waals surface area contributed by atoms with E-state index in [2.05, 4.69) is 4.40 Å². The predicted octanol–water partition coefficient (Wildman–Crippen LogP) is -0.171. The monoisotopic (exact) mass is 279 g/mol. The Morgan fingerprint density at radius 3 is 2.50 bits per heavy atom. The minimum Gasteiger partial charge on any atom is -0.290 e. The lowest BCUT2D eigenvalue weighted by Gasteiger charge is -1.97. The summed E-state index contributed by atoms with van der Waals surface area (Å²) in [6.45, 7) is 0. The van der Waals surface area contributed by atoms with Gasteiger partial charge in [0.05, 0.1) is 5.75 Å². The van der Waals surface area contributed by atoms with E-state index < -0.39 is 10.0 Å². The second-order valence-electron chi connectivity index (χ2n) is 3.02. The highest BCUT2D eigenvalue weighted by Crippen LogP contribution is 2.11. The summed E-state index contributed by atoms with van der Waals surface area (Å²) in [5.41, 5.74) is 5.52. The Kier molecular flexibility index (Phi) is 4.64. The van der Waals surface area contributed by atoms with Gasteiger partial charge in [-0.25, -0.2) is 0 Å². The van der Waals surface area contributed by atoms with Gasteiger partial charge in [0.1, 0.15) is 4.90 Å². The Bertz CT molecular complexity index is 483. The average Bonchev–Trinajstić information content (AvgIpc) is 2.17. The second kappa shape index (κ2) is 5.56. The molecule has 0 heterocycles. The molecule has 4 nitrogen and oxygen atoms in total. The molecule has 1 aromatic rings. The maximum atomic E-state index is 11.8. The Morgan fingerprint density at radius 2 is 2.00 bits per heavy atom. The van der Waals surface area contributed by atoms with Crippen LogP contribution < -0.4 is 10.1 Å². The molecular formula is C9H12ClN2O2S2+. The van der Waals surface area contributed by atoms with Crippen LogP contribution in [0.3, 0.4) is 0 Å². The zero-order chi connectivity index (χ0) is 12.2. The van der Waals surface area contributed by atoms with E-state index in [1.54, 1.807) is 0 Å². The molecule has 0 aliphatic carbocycles. The first kappa shape index (κ1) is 13.3. The van der Waals surface area contributed by atoms with E-state index in [1.165, 1.54) is 36.0 Å². The molecule has 1 aromatic carbocycles. The summed E-state index contributed by atoms with van der Waals surface area (Å²) in [5.74, 6) is 0.648. The summed E-state index contributed by atoms with van der Waals surface area (Å²) in [7, 11) is -3.58. The van der Waals surface area contributed by atoms with Gasteiger partial charge in [0.15, 0.2) is 0 Å². The van der Waals surface area contributed by atoms with Crippen LogP contribution in [0.1, 0.15) is 0 Å². The fourth-order valence-corrected chi connectivity index (χ4v) is 2.66. The molecule has 0 aliphatic heterocycles. The molecule has 0 atom stereocenters. The van der Waals surface area contributed by atoms with E-state index in [-0.39, 0.29) is 10.7 Å². The van der Waals surface area contributed by atoms with Gasteiger partial charge < -0.3 is 0 Å². The van der Waals surface area contributed by atoms with Crippen molar-refractivity contribution in [3.05, 3.63) is 29.3 Å². The van der Waals surface area contributed by atoms with Crippen LogP contribution in [-0.4, -0.2) is 26.3 Å². The van der Waals surface area contributed by atoms with E-state index in [0.29, 0.717) is 10.8 Å². The van der Waals surface area contributed by atoms with Crippen molar-refractivity contribution in [3.8, 4) is 0 Å². The molecule has 3 N–H and O–H groups in total. The number of amidine groups is 1. The zero-order valence-electron chi connectivity index (χ0n) is 8.60.